The summed E-state index contributed by atoms with van der Waals surface area (Å²) in [4.78, 5) is 14.5. The number of amides is 1. The highest BCUT2D eigenvalue weighted by Crippen LogP contribution is 2.35. The number of nitrogens with two attached hydrogens (primary N) is 1. The number of rotatable bonds is 2. The number of anilines is 2. The average Bonchev–Trinajstić information content (AvgIpc) is 2.77. The number of para-hydroxylation sites is 1. The van der Waals surface area contributed by atoms with Gasteiger partial charge in [0.15, 0.2) is 0 Å². The molecule has 0 aliphatic carbocycles. The number of fused-ring (bicyclic) bond motifs is 1. The van der Waals surface area contributed by atoms with Crippen molar-refractivity contribution in [3.8, 4) is 0 Å². The summed E-state index contributed by atoms with van der Waals surface area (Å²) in [6.45, 7) is 4.88. The number of carbonyl (C=O) groups is 1. The molecule has 1 aliphatic rings. The van der Waals surface area contributed by atoms with Crippen molar-refractivity contribution >= 4 is 17.3 Å². The van der Waals surface area contributed by atoms with Gasteiger partial charge in [-0.15, -0.1) is 0 Å². The lowest BCUT2D eigenvalue weighted by Crippen LogP contribution is -2.24. The highest BCUT2D eigenvalue weighted by molar-refractivity contribution is 6.13. The SMILES string of the molecule is CC(C)c1ccccc1N1Cc2cccc(N)c2C1=O. The Morgan fingerprint density at radius 1 is 1.10 bits per heavy atom. The second-order valence-corrected chi connectivity index (χ2v) is 5.49. The van der Waals surface area contributed by atoms with Crippen LogP contribution < -0.4 is 10.6 Å². The average molecular weight is 266 g/mol. The molecule has 0 fully saturated rings. The molecule has 0 saturated carbocycles. The van der Waals surface area contributed by atoms with E-state index in [2.05, 4.69) is 19.9 Å². The Kier molecular flexibility index (Phi) is 2.97. The van der Waals surface area contributed by atoms with Gasteiger partial charge in [-0.3, -0.25) is 4.79 Å². The van der Waals surface area contributed by atoms with Crippen LogP contribution in [0.4, 0.5) is 11.4 Å². The largest absolute Gasteiger partial charge is 0.398 e. The van der Waals surface area contributed by atoms with E-state index in [0.29, 0.717) is 23.7 Å². The first-order valence-corrected chi connectivity index (χ1v) is 6.87. The number of nitrogen functional groups attached to an aromatic ring is 1. The van der Waals surface area contributed by atoms with Crippen molar-refractivity contribution in [3.05, 3.63) is 59.2 Å². The van der Waals surface area contributed by atoms with Crippen LogP contribution in [0.15, 0.2) is 42.5 Å². The van der Waals surface area contributed by atoms with E-state index in [4.69, 9.17) is 5.73 Å². The maximum Gasteiger partial charge on any atom is 0.261 e. The minimum absolute atomic E-state index is 0.00574. The Morgan fingerprint density at radius 2 is 1.85 bits per heavy atom. The normalized spacial score (nSPS) is 13.9. The van der Waals surface area contributed by atoms with Crippen molar-refractivity contribution < 1.29 is 4.79 Å². The maximum absolute atomic E-state index is 12.6. The summed E-state index contributed by atoms with van der Waals surface area (Å²) in [6, 6.07) is 13.7. The van der Waals surface area contributed by atoms with E-state index in [1.165, 1.54) is 5.56 Å². The number of nitrogens with zero attached hydrogens (tertiary/aromatic N) is 1. The maximum atomic E-state index is 12.6. The quantitative estimate of drug-likeness (QED) is 0.845. The molecule has 2 aromatic rings. The van der Waals surface area contributed by atoms with Crippen molar-refractivity contribution in [1.29, 1.82) is 0 Å². The summed E-state index contributed by atoms with van der Waals surface area (Å²) in [5, 5.41) is 0. The highest BCUT2D eigenvalue weighted by atomic mass is 16.2. The predicted molar refractivity (Wildman–Crippen MR) is 81.9 cm³/mol. The van der Waals surface area contributed by atoms with Gasteiger partial charge in [0.05, 0.1) is 12.1 Å². The van der Waals surface area contributed by atoms with Gasteiger partial charge in [0, 0.05) is 11.4 Å². The summed E-state index contributed by atoms with van der Waals surface area (Å²) in [6.07, 6.45) is 0. The fraction of sp³-hybridized carbons (Fsp3) is 0.235. The van der Waals surface area contributed by atoms with E-state index >= 15 is 0 Å². The van der Waals surface area contributed by atoms with E-state index < -0.39 is 0 Å². The highest BCUT2D eigenvalue weighted by Gasteiger charge is 2.31. The fourth-order valence-corrected chi connectivity index (χ4v) is 2.81. The first-order valence-electron chi connectivity index (χ1n) is 6.87. The predicted octanol–water partition coefficient (Wildman–Crippen LogP) is 3.55. The molecule has 0 atom stereocenters. The first-order chi connectivity index (χ1) is 9.59. The Bertz CT molecular complexity index is 676. The third-order valence-corrected chi connectivity index (χ3v) is 3.82. The van der Waals surface area contributed by atoms with Gasteiger partial charge in [-0.05, 0) is 29.2 Å². The molecular weight excluding hydrogens is 248 g/mol. The van der Waals surface area contributed by atoms with Gasteiger partial charge in [0.1, 0.15) is 0 Å². The molecule has 2 N–H and O–H groups in total. The topological polar surface area (TPSA) is 46.3 Å². The van der Waals surface area contributed by atoms with Crippen LogP contribution in [-0.4, -0.2) is 5.91 Å². The van der Waals surface area contributed by atoms with Crippen LogP contribution in [0.5, 0.6) is 0 Å². The monoisotopic (exact) mass is 266 g/mol. The third-order valence-electron chi connectivity index (χ3n) is 3.82. The molecule has 102 valence electrons. The Morgan fingerprint density at radius 3 is 2.55 bits per heavy atom. The summed E-state index contributed by atoms with van der Waals surface area (Å²) < 4.78 is 0. The summed E-state index contributed by atoms with van der Waals surface area (Å²) in [7, 11) is 0. The van der Waals surface area contributed by atoms with E-state index in [-0.39, 0.29) is 5.91 Å². The molecule has 20 heavy (non-hydrogen) atoms. The molecule has 3 nitrogen and oxygen atoms in total. The first kappa shape index (κ1) is 12.7. The third kappa shape index (κ3) is 1.86. The van der Waals surface area contributed by atoms with E-state index in [0.717, 1.165) is 11.3 Å². The Labute approximate surface area is 119 Å². The molecule has 0 spiro atoms. The molecule has 0 saturated heterocycles. The summed E-state index contributed by atoms with van der Waals surface area (Å²) in [5.74, 6) is 0.381. The van der Waals surface area contributed by atoms with Crippen LogP contribution in [-0.2, 0) is 6.54 Å². The summed E-state index contributed by atoms with van der Waals surface area (Å²) in [5.41, 5.74) is 10.4. The van der Waals surface area contributed by atoms with Gasteiger partial charge < -0.3 is 10.6 Å². The van der Waals surface area contributed by atoms with E-state index in [9.17, 15) is 4.79 Å². The van der Waals surface area contributed by atoms with E-state index in [1.54, 1.807) is 6.07 Å². The van der Waals surface area contributed by atoms with Gasteiger partial charge in [0.2, 0.25) is 0 Å². The number of carbonyl (C=O) groups excluding carboxylic acids is 1. The van der Waals surface area contributed by atoms with Gasteiger partial charge >= 0.3 is 0 Å². The van der Waals surface area contributed by atoms with Crippen molar-refractivity contribution in [2.45, 2.75) is 26.3 Å². The van der Waals surface area contributed by atoms with Crippen LogP contribution in [0.25, 0.3) is 0 Å². The van der Waals surface area contributed by atoms with Crippen molar-refractivity contribution in [3.63, 3.8) is 0 Å². The van der Waals surface area contributed by atoms with Gasteiger partial charge in [-0.2, -0.15) is 0 Å². The Balaban J connectivity index is 2.08. The van der Waals surface area contributed by atoms with Gasteiger partial charge in [-0.25, -0.2) is 0 Å². The Hall–Kier alpha value is -2.29. The molecule has 2 aromatic carbocycles. The molecular formula is C17H18N2O. The molecule has 3 heteroatoms. The molecule has 0 bridgehead atoms. The van der Waals surface area contributed by atoms with Gasteiger partial charge in [0.25, 0.3) is 5.91 Å². The fourth-order valence-electron chi connectivity index (χ4n) is 2.81. The minimum atomic E-state index is 0.00574. The van der Waals surface area contributed by atoms with Crippen LogP contribution in [0.3, 0.4) is 0 Å². The zero-order valence-electron chi connectivity index (χ0n) is 11.8. The number of hydrogen-bond donors (Lipinski definition) is 1. The minimum Gasteiger partial charge on any atom is -0.398 e. The number of benzene rings is 2. The van der Waals surface area contributed by atoms with Crippen molar-refractivity contribution in [1.82, 2.24) is 0 Å². The molecule has 1 amide bonds. The van der Waals surface area contributed by atoms with Crippen LogP contribution in [0.2, 0.25) is 0 Å². The lowest BCUT2D eigenvalue weighted by atomic mass is 10.0. The van der Waals surface area contributed by atoms with Crippen molar-refractivity contribution in [2.24, 2.45) is 0 Å². The van der Waals surface area contributed by atoms with Crippen molar-refractivity contribution in [2.75, 3.05) is 10.6 Å². The second kappa shape index (κ2) is 4.67. The van der Waals surface area contributed by atoms with Crippen LogP contribution >= 0.6 is 0 Å². The van der Waals surface area contributed by atoms with Gasteiger partial charge in [-0.1, -0.05) is 44.2 Å². The molecule has 3 rings (SSSR count). The molecule has 1 aliphatic heterocycles. The zero-order valence-corrected chi connectivity index (χ0v) is 11.8. The number of hydrogen-bond acceptors (Lipinski definition) is 2. The second-order valence-electron chi connectivity index (χ2n) is 5.49. The molecule has 0 unspecified atom stereocenters. The zero-order chi connectivity index (χ0) is 14.3. The van der Waals surface area contributed by atoms with E-state index in [1.807, 2.05) is 35.2 Å². The molecule has 1 heterocycles. The molecule has 0 aromatic heterocycles. The van der Waals surface area contributed by atoms with Crippen LogP contribution in [0, 0.1) is 0 Å². The summed E-state index contributed by atoms with van der Waals surface area (Å²) >= 11 is 0. The van der Waals surface area contributed by atoms with Crippen LogP contribution in [0.1, 0.15) is 41.3 Å². The standard InChI is InChI=1S/C17H18N2O/c1-11(2)13-7-3-4-9-15(13)19-10-12-6-5-8-14(18)16(12)17(19)20/h3-9,11H,10,18H2,1-2H3. The smallest absolute Gasteiger partial charge is 0.261 e. The lowest BCUT2D eigenvalue weighted by molar-refractivity contribution is 0.0997. The molecule has 0 radical (unpaired) electrons. The lowest BCUT2D eigenvalue weighted by Gasteiger charge is -2.21.